The molecule has 25 heavy (non-hydrogen) atoms. The van der Waals surface area contributed by atoms with Gasteiger partial charge >= 0.3 is 6.03 Å². The fraction of sp³-hybridized carbons (Fsp3) is 0.222. The van der Waals surface area contributed by atoms with Gasteiger partial charge in [-0.25, -0.2) is 13.6 Å². The summed E-state index contributed by atoms with van der Waals surface area (Å²) in [4.78, 5) is 26.3. The number of nitrogens with zero attached hydrogens (tertiary/aromatic N) is 1. The van der Waals surface area contributed by atoms with Crippen molar-refractivity contribution in [2.24, 2.45) is 0 Å². The SMILES string of the molecule is CCC1(c2ccc(F)cc2)NC(=O)N(Cc2ccc(Br)cc2F)C1=O. The van der Waals surface area contributed by atoms with Gasteiger partial charge in [-0.2, -0.15) is 0 Å². The molecule has 2 aromatic carbocycles. The molecule has 0 saturated carbocycles. The lowest BCUT2D eigenvalue weighted by molar-refractivity contribution is -0.132. The van der Waals surface area contributed by atoms with Crippen molar-refractivity contribution in [1.29, 1.82) is 0 Å². The zero-order valence-corrected chi connectivity index (χ0v) is 14.9. The van der Waals surface area contributed by atoms with E-state index in [0.29, 0.717) is 16.5 Å². The molecule has 2 aromatic rings. The first kappa shape index (κ1) is 17.5. The van der Waals surface area contributed by atoms with E-state index in [1.807, 2.05) is 0 Å². The summed E-state index contributed by atoms with van der Waals surface area (Å²) < 4.78 is 27.8. The molecule has 1 atom stereocenters. The second-order valence-electron chi connectivity index (χ2n) is 5.82. The van der Waals surface area contributed by atoms with Crippen LogP contribution in [0.2, 0.25) is 0 Å². The van der Waals surface area contributed by atoms with E-state index in [9.17, 15) is 18.4 Å². The molecule has 3 amide bonds. The highest BCUT2D eigenvalue weighted by molar-refractivity contribution is 9.10. The molecule has 1 aliphatic rings. The molecule has 0 aliphatic carbocycles. The maximum Gasteiger partial charge on any atom is 0.325 e. The summed E-state index contributed by atoms with van der Waals surface area (Å²) in [6, 6.07) is 9.26. The molecule has 1 saturated heterocycles. The minimum atomic E-state index is -1.27. The van der Waals surface area contributed by atoms with Crippen molar-refractivity contribution in [3.8, 4) is 0 Å². The summed E-state index contributed by atoms with van der Waals surface area (Å²) in [6.07, 6.45) is 0.294. The van der Waals surface area contributed by atoms with Crippen LogP contribution in [-0.2, 0) is 16.9 Å². The third kappa shape index (κ3) is 3.04. The Morgan fingerprint density at radius 3 is 2.40 bits per heavy atom. The average molecular weight is 409 g/mol. The number of hydrogen-bond acceptors (Lipinski definition) is 2. The molecule has 0 aromatic heterocycles. The number of amides is 3. The number of carbonyl (C=O) groups is 2. The summed E-state index contributed by atoms with van der Waals surface area (Å²) in [5.41, 5.74) is -0.539. The van der Waals surface area contributed by atoms with Gasteiger partial charge in [0.1, 0.15) is 17.2 Å². The van der Waals surface area contributed by atoms with E-state index in [4.69, 9.17) is 0 Å². The van der Waals surface area contributed by atoms with Gasteiger partial charge in [-0.15, -0.1) is 0 Å². The lowest BCUT2D eigenvalue weighted by atomic mass is 9.87. The maximum atomic E-state index is 14.1. The van der Waals surface area contributed by atoms with Crippen LogP contribution in [-0.4, -0.2) is 16.8 Å². The third-order valence-electron chi connectivity index (χ3n) is 4.39. The maximum absolute atomic E-state index is 14.1. The first-order valence-corrected chi connectivity index (χ1v) is 8.51. The van der Waals surface area contributed by atoms with Gasteiger partial charge < -0.3 is 5.32 Å². The third-order valence-corrected chi connectivity index (χ3v) is 4.88. The topological polar surface area (TPSA) is 49.4 Å². The number of imide groups is 1. The zero-order chi connectivity index (χ0) is 18.2. The van der Waals surface area contributed by atoms with Crippen LogP contribution >= 0.6 is 15.9 Å². The van der Waals surface area contributed by atoms with Crippen molar-refractivity contribution >= 4 is 27.9 Å². The molecule has 7 heteroatoms. The minimum absolute atomic E-state index is 0.174. The number of halogens is 3. The standard InChI is InChI=1S/C18H15BrF2N2O2/c1-2-18(12-4-7-14(20)8-5-12)16(24)23(17(25)22-18)10-11-3-6-13(19)9-15(11)21/h3-9H,2,10H2,1H3,(H,22,25). The van der Waals surface area contributed by atoms with E-state index in [1.165, 1.54) is 36.4 Å². The Labute approximate surface area is 152 Å². The smallest absolute Gasteiger partial charge is 0.319 e. The Kier molecular flexibility index (Phi) is 4.60. The van der Waals surface area contributed by atoms with Gasteiger partial charge in [0.25, 0.3) is 5.91 Å². The van der Waals surface area contributed by atoms with E-state index in [1.54, 1.807) is 13.0 Å². The van der Waals surface area contributed by atoms with Gasteiger partial charge in [0.15, 0.2) is 0 Å². The Morgan fingerprint density at radius 2 is 1.80 bits per heavy atom. The van der Waals surface area contributed by atoms with Gasteiger partial charge in [-0.3, -0.25) is 9.69 Å². The van der Waals surface area contributed by atoms with Gasteiger partial charge in [-0.05, 0) is 36.2 Å². The van der Waals surface area contributed by atoms with Gasteiger partial charge in [-0.1, -0.05) is 41.1 Å². The molecule has 1 unspecified atom stereocenters. The molecule has 130 valence electrons. The zero-order valence-electron chi connectivity index (χ0n) is 13.4. The predicted molar refractivity (Wildman–Crippen MR) is 91.6 cm³/mol. The van der Waals surface area contributed by atoms with Crippen LogP contribution in [0.5, 0.6) is 0 Å². The normalized spacial score (nSPS) is 20.1. The Balaban J connectivity index is 1.94. The molecule has 4 nitrogen and oxygen atoms in total. The Hall–Kier alpha value is -2.28. The largest absolute Gasteiger partial charge is 0.325 e. The molecule has 0 radical (unpaired) electrons. The number of benzene rings is 2. The second kappa shape index (κ2) is 6.55. The Morgan fingerprint density at radius 1 is 1.12 bits per heavy atom. The fourth-order valence-corrected chi connectivity index (χ4v) is 3.30. The lowest BCUT2D eigenvalue weighted by Crippen LogP contribution is -2.43. The van der Waals surface area contributed by atoms with E-state index in [-0.39, 0.29) is 12.1 Å². The number of carbonyl (C=O) groups excluding carboxylic acids is 2. The first-order valence-electron chi connectivity index (χ1n) is 7.71. The fourth-order valence-electron chi connectivity index (χ4n) is 2.96. The van der Waals surface area contributed by atoms with Crippen LogP contribution in [0, 0.1) is 11.6 Å². The van der Waals surface area contributed by atoms with Gasteiger partial charge in [0, 0.05) is 10.0 Å². The monoisotopic (exact) mass is 408 g/mol. The second-order valence-corrected chi connectivity index (χ2v) is 6.74. The highest BCUT2D eigenvalue weighted by atomic mass is 79.9. The molecular formula is C18H15BrF2N2O2. The molecule has 3 rings (SSSR count). The highest BCUT2D eigenvalue weighted by Gasteiger charge is 2.51. The summed E-state index contributed by atoms with van der Waals surface area (Å²) in [5.74, 6) is -1.42. The van der Waals surface area contributed by atoms with Crippen molar-refractivity contribution in [3.63, 3.8) is 0 Å². The number of rotatable bonds is 4. The van der Waals surface area contributed by atoms with Crippen LogP contribution in [0.1, 0.15) is 24.5 Å². The molecule has 1 N–H and O–H groups in total. The van der Waals surface area contributed by atoms with Crippen molar-refractivity contribution in [3.05, 3.63) is 69.7 Å². The van der Waals surface area contributed by atoms with E-state index >= 15 is 0 Å². The average Bonchev–Trinajstić information content (AvgIpc) is 2.82. The highest BCUT2D eigenvalue weighted by Crippen LogP contribution is 2.33. The van der Waals surface area contributed by atoms with E-state index < -0.39 is 29.1 Å². The van der Waals surface area contributed by atoms with Crippen LogP contribution in [0.3, 0.4) is 0 Å². The van der Waals surface area contributed by atoms with Crippen LogP contribution < -0.4 is 5.32 Å². The molecule has 1 fully saturated rings. The summed E-state index contributed by atoms with van der Waals surface area (Å²) >= 11 is 3.17. The number of urea groups is 1. The summed E-state index contributed by atoms with van der Waals surface area (Å²) in [6.45, 7) is 1.58. The Bertz CT molecular complexity index is 841. The molecule has 0 spiro atoms. The van der Waals surface area contributed by atoms with Crippen molar-refractivity contribution in [2.45, 2.75) is 25.4 Å². The van der Waals surface area contributed by atoms with E-state index in [2.05, 4.69) is 21.2 Å². The first-order chi connectivity index (χ1) is 11.9. The van der Waals surface area contributed by atoms with Crippen molar-refractivity contribution in [1.82, 2.24) is 10.2 Å². The van der Waals surface area contributed by atoms with E-state index in [0.717, 1.165) is 4.90 Å². The quantitative estimate of drug-likeness (QED) is 0.774. The number of hydrogen-bond donors (Lipinski definition) is 1. The van der Waals surface area contributed by atoms with Crippen molar-refractivity contribution in [2.75, 3.05) is 0 Å². The summed E-state index contributed by atoms with van der Waals surface area (Å²) in [5, 5.41) is 2.69. The molecule has 1 aliphatic heterocycles. The molecular weight excluding hydrogens is 394 g/mol. The predicted octanol–water partition coefficient (Wildman–Crippen LogP) is 4.08. The van der Waals surface area contributed by atoms with Gasteiger partial charge in [0.05, 0.1) is 6.54 Å². The minimum Gasteiger partial charge on any atom is -0.319 e. The lowest BCUT2D eigenvalue weighted by Gasteiger charge is -2.25. The van der Waals surface area contributed by atoms with Crippen LogP contribution in [0.15, 0.2) is 46.9 Å². The molecule has 1 heterocycles. The summed E-state index contributed by atoms with van der Waals surface area (Å²) in [7, 11) is 0. The van der Waals surface area contributed by atoms with Crippen molar-refractivity contribution < 1.29 is 18.4 Å². The van der Waals surface area contributed by atoms with Gasteiger partial charge in [0.2, 0.25) is 0 Å². The molecule has 0 bridgehead atoms. The number of nitrogens with one attached hydrogen (secondary N) is 1. The van der Waals surface area contributed by atoms with Crippen LogP contribution in [0.4, 0.5) is 13.6 Å². The van der Waals surface area contributed by atoms with Crippen LogP contribution in [0.25, 0.3) is 0 Å².